The van der Waals surface area contributed by atoms with Gasteiger partial charge in [0.05, 0.1) is 24.2 Å². The number of hydrogen-bond acceptors (Lipinski definition) is 10. The van der Waals surface area contributed by atoms with E-state index in [1.54, 1.807) is 55.3 Å². The van der Waals surface area contributed by atoms with Crippen LogP contribution in [0, 0.1) is 18.7 Å². The summed E-state index contributed by atoms with van der Waals surface area (Å²) >= 11 is 0. The highest BCUT2D eigenvalue weighted by molar-refractivity contribution is 5.94. The topological polar surface area (TPSA) is 143 Å². The van der Waals surface area contributed by atoms with Crippen LogP contribution in [0.3, 0.4) is 0 Å². The van der Waals surface area contributed by atoms with Gasteiger partial charge in [0, 0.05) is 61.7 Å². The Hall–Kier alpha value is -5.43. The Kier molecular flexibility index (Phi) is 13.3. The Balaban J connectivity index is 0.000000313. The minimum absolute atomic E-state index is 0.00393. The van der Waals surface area contributed by atoms with E-state index in [0.29, 0.717) is 46.8 Å². The van der Waals surface area contributed by atoms with Crippen molar-refractivity contribution in [1.29, 1.82) is 0 Å². The van der Waals surface area contributed by atoms with E-state index >= 15 is 0 Å². The minimum atomic E-state index is -0.421. The predicted molar refractivity (Wildman–Crippen MR) is 181 cm³/mol. The average molecular weight is 645 g/mol. The lowest BCUT2D eigenvalue weighted by molar-refractivity contribution is -0.117. The standard InChI is InChI=1S/C22H20FN5O3.C10H14N2O.C2H7N/c1-12-16(23)8-14(10-24-12)15-4-3-5-17(21(15)31-2)25-18-9-20(28-27-19(18)11-29)26-22(30)13-6-7-13;1-4-11(2)8-9-6-5-7-12(3)10(9)13;1-3-2/h3-5,8-11,13H,6-7H2,1-2H3,(H2,25,26,28,30);4-7H,1,8H2,2-3H3;3H,1-2H3. The molecule has 5 rings (SSSR count). The summed E-state index contributed by atoms with van der Waals surface area (Å²) in [4.78, 5) is 41.0. The molecule has 1 aromatic carbocycles. The normalized spacial score (nSPS) is 11.6. The molecule has 0 saturated heterocycles. The molecule has 1 fully saturated rings. The van der Waals surface area contributed by atoms with Gasteiger partial charge in [0.1, 0.15) is 17.3 Å². The van der Waals surface area contributed by atoms with Crippen molar-refractivity contribution < 1.29 is 18.7 Å². The highest BCUT2D eigenvalue weighted by Crippen LogP contribution is 2.38. The first-order chi connectivity index (χ1) is 22.6. The fourth-order valence-electron chi connectivity index (χ4n) is 4.21. The number of aryl methyl sites for hydroxylation is 2. The second-order valence-electron chi connectivity index (χ2n) is 10.8. The molecule has 1 aliphatic carbocycles. The summed E-state index contributed by atoms with van der Waals surface area (Å²) < 4.78 is 21.2. The molecule has 1 amide bonds. The van der Waals surface area contributed by atoms with E-state index in [2.05, 4.69) is 37.7 Å². The van der Waals surface area contributed by atoms with E-state index in [0.717, 1.165) is 18.4 Å². The van der Waals surface area contributed by atoms with Crippen molar-refractivity contribution in [3.8, 4) is 16.9 Å². The molecule has 0 aliphatic heterocycles. The zero-order valence-electron chi connectivity index (χ0n) is 27.5. The van der Waals surface area contributed by atoms with Crippen molar-refractivity contribution in [1.82, 2.24) is 30.0 Å². The van der Waals surface area contributed by atoms with Gasteiger partial charge >= 0.3 is 0 Å². The van der Waals surface area contributed by atoms with Crippen LogP contribution in [0.4, 0.5) is 21.6 Å². The zero-order valence-corrected chi connectivity index (χ0v) is 27.5. The van der Waals surface area contributed by atoms with Crippen LogP contribution in [0.2, 0.25) is 0 Å². The number of carbonyl (C=O) groups is 2. The molecule has 0 radical (unpaired) electrons. The molecule has 0 bridgehead atoms. The van der Waals surface area contributed by atoms with E-state index < -0.39 is 5.82 Å². The third-order valence-electron chi connectivity index (χ3n) is 6.89. The smallest absolute Gasteiger partial charge is 0.255 e. The number of rotatable bonds is 10. The number of carbonyl (C=O) groups excluding carboxylic acids is 2. The number of aldehydes is 1. The molecule has 13 heteroatoms. The summed E-state index contributed by atoms with van der Waals surface area (Å²) in [7, 11) is 8.88. The number of benzene rings is 1. The number of methoxy groups -OCH3 is 1. The van der Waals surface area contributed by atoms with Gasteiger partial charge in [0.25, 0.3) is 5.56 Å². The second kappa shape index (κ2) is 17.3. The first-order valence-corrected chi connectivity index (χ1v) is 14.8. The van der Waals surface area contributed by atoms with Gasteiger partial charge in [-0.25, -0.2) is 4.39 Å². The Morgan fingerprint density at radius 3 is 2.51 bits per heavy atom. The van der Waals surface area contributed by atoms with Crippen molar-refractivity contribution >= 4 is 29.4 Å². The number of nitrogens with one attached hydrogen (secondary N) is 3. The minimum Gasteiger partial charge on any atom is -0.494 e. The van der Waals surface area contributed by atoms with E-state index in [1.807, 2.05) is 38.2 Å². The largest absolute Gasteiger partial charge is 0.494 e. The Morgan fingerprint density at radius 2 is 1.89 bits per heavy atom. The van der Waals surface area contributed by atoms with Gasteiger partial charge in [-0.3, -0.25) is 19.4 Å². The molecule has 47 heavy (non-hydrogen) atoms. The highest BCUT2D eigenvalue weighted by atomic mass is 19.1. The van der Waals surface area contributed by atoms with E-state index in [9.17, 15) is 18.8 Å². The number of ether oxygens (including phenoxy) is 1. The van der Waals surface area contributed by atoms with E-state index in [1.165, 1.54) is 19.2 Å². The highest BCUT2D eigenvalue weighted by Gasteiger charge is 2.30. The molecule has 3 aromatic heterocycles. The zero-order chi connectivity index (χ0) is 34.5. The summed E-state index contributed by atoms with van der Waals surface area (Å²) in [5, 5.41) is 16.4. The first kappa shape index (κ1) is 36.0. The number of halogens is 1. The van der Waals surface area contributed by atoms with Gasteiger partial charge < -0.3 is 30.2 Å². The summed E-state index contributed by atoms with van der Waals surface area (Å²) in [5.41, 5.74) is 3.25. The predicted octanol–water partition coefficient (Wildman–Crippen LogP) is 4.70. The van der Waals surface area contributed by atoms with Crippen molar-refractivity contribution in [2.45, 2.75) is 26.3 Å². The third kappa shape index (κ3) is 10.0. The molecule has 0 spiro atoms. The SMILES string of the molecule is C=CN(C)Cc1cccn(C)c1=O.CNC.COc1c(Nc2cc(NC(=O)C3CC3)nnc2C=O)cccc1-c1cnc(C)c(F)c1. The van der Waals surface area contributed by atoms with Gasteiger partial charge in [0.2, 0.25) is 5.91 Å². The Bertz CT molecular complexity index is 1760. The van der Waals surface area contributed by atoms with E-state index in [4.69, 9.17) is 4.74 Å². The van der Waals surface area contributed by atoms with Gasteiger partial charge in [-0.05, 0) is 58.3 Å². The first-order valence-electron chi connectivity index (χ1n) is 14.8. The maximum absolute atomic E-state index is 14.0. The van der Waals surface area contributed by atoms with Gasteiger partial charge in [-0.1, -0.05) is 24.8 Å². The van der Waals surface area contributed by atoms with Crippen LogP contribution < -0.4 is 26.2 Å². The molecule has 3 heterocycles. The summed E-state index contributed by atoms with van der Waals surface area (Å²) in [5.74, 6) is 0.141. The Morgan fingerprint density at radius 1 is 1.17 bits per heavy atom. The second-order valence-corrected chi connectivity index (χ2v) is 10.8. The van der Waals surface area contributed by atoms with Crippen molar-refractivity contribution in [3.63, 3.8) is 0 Å². The maximum atomic E-state index is 14.0. The Labute approximate surface area is 273 Å². The maximum Gasteiger partial charge on any atom is 0.255 e. The molecule has 0 unspecified atom stereocenters. The van der Waals surface area contributed by atoms with Crippen molar-refractivity contribution in [2.24, 2.45) is 13.0 Å². The average Bonchev–Trinajstić information content (AvgIpc) is 3.91. The molecule has 1 saturated carbocycles. The number of para-hydroxylation sites is 1. The van der Waals surface area contributed by atoms with Crippen LogP contribution >= 0.6 is 0 Å². The molecule has 4 aromatic rings. The molecular weight excluding hydrogens is 603 g/mol. The lowest BCUT2D eigenvalue weighted by Crippen LogP contribution is -2.23. The van der Waals surface area contributed by atoms with Gasteiger partial charge in [0.15, 0.2) is 12.1 Å². The molecular formula is C34H41FN8O4. The third-order valence-corrected chi connectivity index (χ3v) is 6.89. The monoisotopic (exact) mass is 644 g/mol. The molecule has 3 N–H and O–H groups in total. The molecule has 0 atom stereocenters. The van der Waals surface area contributed by atoms with Crippen LogP contribution in [0.5, 0.6) is 5.75 Å². The van der Waals surface area contributed by atoms with Crippen LogP contribution in [-0.4, -0.2) is 65.1 Å². The number of anilines is 3. The molecule has 1 aliphatic rings. The summed E-state index contributed by atoms with van der Waals surface area (Å²) in [6.45, 7) is 5.82. The fourth-order valence-corrected chi connectivity index (χ4v) is 4.21. The number of hydrogen-bond donors (Lipinski definition) is 3. The quantitative estimate of drug-likeness (QED) is 0.208. The molecule has 12 nitrogen and oxygen atoms in total. The lowest BCUT2D eigenvalue weighted by atomic mass is 10.0. The molecule has 248 valence electrons. The number of aromatic nitrogens is 4. The van der Waals surface area contributed by atoms with Crippen LogP contribution in [-0.2, 0) is 18.4 Å². The van der Waals surface area contributed by atoms with Crippen molar-refractivity contribution in [2.75, 3.05) is 38.9 Å². The fraction of sp³-hybridized carbons (Fsp3) is 0.294. The van der Waals surface area contributed by atoms with Crippen molar-refractivity contribution in [3.05, 3.63) is 101 Å². The van der Waals surface area contributed by atoms with Crippen LogP contribution in [0.15, 0.2) is 72.4 Å². The van der Waals surface area contributed by atoms with Gasteiger partial charge in [-0.15, -0.1) is 10.2 Å². The van der Waals surface area contributed by atoms with Gasteiger partial charge in [-0.2, -0.15) is 0 Å². The summed E-state index contributed by atoms with van der Waals surface area (Å²) in [6, 6.07) is 11.9. The van der Waals surface area contributed by atoms with Crippen LogP contribution in [0.1, 0.15) is 34.6 Å². The lowest BCUT2D eigenvalue weighted by Gasteiger charge is -2.16. The van der Waals surface area contributed by atoms with Crippen LogP contribution in [0.25, 0.3) is 11.1 Å². The summed E-state index contributed by atoms with van der Waals surface area (Å²) in [6.07, 6.45) is 7.30. The number of amides is 1. The number of nitrogens with zero attached hydrogens (tertiary/aromatic N) is 5. The van der Waals surface area contributed by atoms with E-state index in [-0.39, 0.29) is 28.9 Å². The number of pyridine rings is 2.